The molecule has 0 saturated carbocycles. The monoisotopic (exact) mass is 350 g/mol. The van der Waals surface area contributed by atoms with Crippen LogP contribution in [0.4, 0.5) is 0 Å². The molecule has 130 valence electrons. The molecule has 0 bridgehead atoms. The first kappa shape index (κ1) is 18.5. The summed E-state index contributed by atoms with van der Waals surface area (Å²) in [5, 5.41) is 9.10. The number of ether oxygens (including phenoxy) is 1. The Morgan fingerprint density at radius 1 is 1.38 bits per heavy atom. The van der Waals surface area contributed by atoms with Crippen LogP contribution < -0.4 is 10.2 Å². The van der Waals surface area contributed by atoms with Crippen molar-refractivity contribution in [3.05, 3.63) is 24.3 Å². The van der Waals surface area contributed by atoms with Gasteiger partial charge >= 0.3 is 0 Å². The number of amides is 1. The number of hydrogen-bond donors (Lipinski definition) is 2. The van der Waals surface area contributed by atoms with Gasteiger partial charge in [0.05, 0.1) is 10.8 Å². The molecule has 1 aliphatic heterocycles. The fraction of sp³-hybridized carbons (Fsp3) is 0.471. The average Bonchev–Trinajstić information content (AvgIpc) is 2.62. The number of carbonyl (C=O) groups is 1. The van der Waals surface area contributed by atoms with E-state index in [1.54, 1.807) is 36.7 Å². The molecule has 1 aliphatic rings. The highest BCUT2D eigenvalue weighted by Crippen LogP contribution is 2.33. The van der Waals surface area contributed by atoms with Crippen LogP contribution in [0.25, 0.3) is 0 Å². The minimum Gasteiger partial charge on any atom is -0.481 e. The SMILES string of the molecule is CC#CCOc1ccc(S(=O)C2(C(=O)NO)CCN(C)CC2)cc1. The van der Waals surface area contributed by atoms with Crippen molar-refractivity contribution < 1.29 is 18.9 Å². The predicted octanol–water partition coefficient (Wildman–Crippen LogP) is 1.17. The van der Waals surface area contributed by atoms with E-state index in [-0.39, 0.29) is 0 Å². The van der Waals surface area contributed by atoms with Crippen LogP contribution in [-0.4, -0.2) is 51.7 Å². The Morgan fingerprint density at radius 2 is 2.00 bits per heavy atom. The Morgan fingerprint density at radius 3 is 2.54 bits per heavy atom. The lowest BCUT2D eigenvalue weighted by Gasteiger charge is -2.37. The Labute approximate surface area is 144 Å². The van der Waals surface area contributed by atoms with E-state index in [0.29, 0.717) is 43.2 Å². The number of benzene rings is 1. The van der Waals surface area contributed by atoms with Gasteiger partial charge in [0.2, 0.25) is 0 Å². The zero-order valence-corrected chi connectivity index (χ0v) is 14.7. The molecule has 0 spiro atoms. The summed E-state index contributed by atoms with van der Waals surface area (Å²) in [4.78, 5) is 14.9. The van der Waals surface area contributed by atoms with E-state index in [0.717, 1.165) is 0 Å². The summed E-state index contributed by atoms with van der Waals surface area (Å²) in [5.41, 5.74) is 1.70. The molecule has 0 aliphatic carbocycles. The van der Waals surface area contributed by atoms with Gasteiger partial charge in [0, 0.05) is 4.90 Å². The highest BCUT2D eigenvalue weighted by Gasteiger charge is 2.46. The summed E-state index contributed by atoms with van der Waals surface area (Å²) >= 11 is 0. The van der Waals surface area contributed by atoms with Gasteiger partial charge < -0.3 is 9.64 Å². The molecule has 2 N–H and O–H groups in total. The highest BCUT2D eigenvalue weighted by molar-refractivity contribution is 7.87. The fourth-order valence-electron chi connectivity index (χ4n) is 2.65. The zero-order chi connectivity index (χ0) is 17.6. The van der Waals surface area contributed by atoms with E-state index < -0.39 is 21.5 Å². The summed E-state index contributed by atoms with van der Waals surface area (Å²) in [7, 11) is 0.382. The van der Waals surface area contributed by atoms with Crippen LogP contribution in [0.1, 0.15) is 19.8 Å². The van der Waals surface area contributed by atoms with Crippen LogP contribution in [0.2, 0.25) is 0 Å². The first-order valence-electron chi connectivity index (χ1n) is 7.71. The van der Waals surface area contributed by atoms with Gasteiger partial charge in [-0.05, 0) is 64.2 Å². The van der Waals surface area contributed by atoms with Gasteiger partial charge in [-0.15, -0.1) is 5.92 Å². The highest BCUT2D eigenvalue weighted by atomic mass is 32.2. The Kier molecular flexibility index (Phi) is 6.37. The second-order valence-corrected chi connectivity index (χ2v) is 7.48. The Balaban J connectivity index is 2.20. The Hall–Kier alpha value is -1.88. The smallest absolute Gasteiger partial charge is 0.262 e. The molecule has 2 rings (SSSR count). The minimum absolute atomic E-state index is 0.294. The maximum atomic E-state index is 13.1. The lowest BCUT2D eigenvalue weighted by molar-refractivity contribution is -0.133. The summed E-state index contributed by atoms with van der Waals surface area (Å²) in [6, 6.07) is 6.80. The summed E-state index contributed by atoms with van der Waals surface area (Å²) in [6.07, 6.45) is 0.847. The number of carbonyl (C=O) groups excluding carboxylic acids is 1. The molecule has 0 radical (unpaired) electrons. The molecular weight excluding hydrogens is 328 g/mol. The summed E-state index contributed by atoms with van der Waals surface area (Å²) in [5.74, 6) is 5.58. The normalized spacial score (nSPS) is 18.1. The molecule has 0 aromatic heterocycles. The molecule has 1 fully saturated rings. The Bertz CT molecular complexity index is 655. The van der Waals surface area contributed by atoms with Crippen molar-refractivity contribution >= 4 is 16.7 Å². The maximum Gasteiger partial charge on any atom is 0.262 e. The number of piperidine rings is 1. The molecule has 1 saturated heterocycles. The van der Waals surface area contributed by atoms with Gasteiger partial charge in [0.1, 0.15) is 17.1 Å². The van der Waals surface area contributed by atoms with Gasteiger partial charge in [0.25, 0.3) is 5.91 Å². The van der Waals surface area contributed by atoms with E-state index in [1.165, 1.54) is 0 Å². The first-order valence-corrected chi connectivity index (χ1v) is 8.86. The predicted molar refractivity (Wildman–Crippen MR) is 91.2 cm³/mol. The third kappa shape index (κ3) is 3.96. The van der Waals surface area contributed by atoms with Crippen molar-refractivity contribution in [2.24, 2.45) is 0 Å². The minimum atomic E-state index is -1.57. The lowest BCUT2D eigenvalue weighted by Crippen LogP contribution is -2.55. The molecule has 1 atom stereocenters. The van der Waals surface area contributed by atoms with Gasteiger partial charge in [-0.25, -0.2) is 5.48 Å². The number of hydrogen-bond acceptors (Lipinski definition) is 5. The van der Waals surface area contributed by atoms with Gasteiger partial charge in [-0.1, -0.05) is 5.92 Å². The molecule has 6 nitrogen and oxygen atoms in total. The number of rotatable bonds is 5. The first-order chi connectivity index (χ1) is 11.5. The van der Waals surface area contributed by atoms with Crippen molar-refractivity contribution in [1.82, 2.24) is 10.4 Å². The van der Waals surface area contributed by atoms with Crippen LogP contribution in [-0.2, 0) is 15.6 Å². The standard InChI is InChI=1S/C17H22N2O4S/c1-3-4-13-23-14-5-7-15(8-6-14)24(22)17(16(20)18-21)9-11-19(2)12-10-17/h5-8,21H,9-13H2,1-2H3,(H,18,20). The fourth-order valence-corrected chi connectivity index (χ4v) is 4.26. The van der Waals surface area contributed by atoms with E-state index >= 15 is 0 Å². The molecule has 1 unspecified atom stereocenters. The second-order valence-electron chi connectivity index (χ2n) is 5.69. The van der Waals surface area contributed by atoms with Crippen LogP contribution in [0.3, 0.4) is 0 Å². The van der Waals surface area contributed by atoms with Gasteiger partial charge in [-0.2, -0.15) is 0 Å². The molecule has 1 aromatic carbocycles. The molecule has 1 amide bonds. The van der Waals surface area contributed by atoms with Gasteiger partial charge in [0.15, 0.2) is 0 Å². The average molecular weight is 350 g/mol. The van der Waals surface area contributed by atoms with E-state index in [9.17, 15) is 9.00 Å². The van der Waals surface area contributed by atoms with E-state index in [2.05, 4.69) is 16.7 Å². The van der Waals surface area contributed by atoms with Gasteiger partial charge in [-0.3, -0.25) is 14.2 Å². The van der Waals surface area contributed by atoms with Crippen molar-refractivity contribution in [2.75, 3.05) is 26.7 Å². The van der Waals surface area contributed by atoms with Crippen LogP contribution in [0.5, 0.6) is 5.75 Å². The number of nitrogens with zero attached hydrogens (tertiary/aromatic N) is 1. The van der Waals surface area contributed by atoms with Crippen molar-refractivity contribution in [2.45, 2.75) is 29.4 Å². The number of hydroxylamine groups is 1. The van der Waals surface area contributed by atoms with E-state index in [4.69, 9.17) is 9.94 Å². The second kappa shape index (κ2) is 8.29. The molecular formula is C17H22N2O4S. The van der Waals surface area contributed by atoms with Crippen LogP contribution in [0, 0.1) is 11.8 Å². The van der Waals surface area contributed by atoms with Crippen molar-refractivity contribution in [1.29, 1.82) is 0 Å². The topological polar surface area (TPSA) is 78.9 Å². The molecule has 24 heavy (non-hydrogen) atoms. The maximum absolute atomic E-state index is 13.1. The lowest BCUT2D eigenvalue weighted by atomic mass is 9.95. The van der Waals surface area contributed by atoms with Crippen LogP contribution in [0.15, 0.2) is 29.2 Å². The molecule has 7 heteroatoms. The third-order valence-electron chi connectivity index (χ3n) is 4.19. The van der Waals surface area contributed by atoms with Crippen molar-refractivity contribution in [3.8, 4) is 17.6 Å². The summed E-state index contributed by atoms with van der Waals surface area (Å²) < 4.78 is 17.4. The zero-order valence-electron chi connectivity index (χ0n) is 13.9. The van der Waals surface area contributed by atoms with Crippen LogP contribution >= 0.6 is 0 Å². The summed E-state index contributed by atoms with van der Waals surface area (Å²) in [6.45, 7) is 3.33. The third-order valence-corrected chi connectivity index (χ3v) is 6.19. The molecule has 1 heterocycles. The largest absolute Gasteiger partial charge is 0.481 e. The van der Waals surface area contributed by atoms with E-state index in [1.807, 2.05) is 7.05 Å². The quantitative estimate of drug-likeness (QED) is 0.473. The molecule has 1 aromatic rings. The number of likely N-dealkylation sites (tertiary alicyclic amines) is 1. The van der Waals surface area contributed by atoms with Crippen molar-refractivity contribution in [3.63, 3.8) is 0 Å². The number of nitrogens with one attached hydrogen (secondary N) is 1.